The molecule has 3 rings (SSSR count). The van der Waals surface area contributed by atoms with Crippen LogP contribution in [-0.2, 0) is 0 Å². The largest absolute Gasteiger partial charge is 0.355 e. The maximum Gasteiger partial charge on any atom is 0.0464 e. The highest BCUT2D eigenvalue weighted by atomic mass is 14.7. The predicted molar refractivity (Wildman–Crippen MR) is 73.2 cm³/mol. The van der Waals surface area contributed by atoms with Gasteiger partial charge in [0, 0.05) is 16.6 Å². The van der Waals surface area contributed by atoms with Gasteiger partial charge in [0.1, 0.15) is 0 Å². The molecule has 0 bridgehead atoms. The summed E-state index contributed by atoms with van der Waals surface area (Å²) in [6.45, 7) is 4.30. The number of benzene rings is 2. The lowest BCUT2D eigenvalue weighted by atomic mass is 10.1. The van der Waals surface area contributed by atoms with Gasteiger partial charge >= 0.3 is 0 Å². The van der Waals surface area contributed by atoms with Crippen LogP contribution in [0.1, 0.15) is 11.1 Å². The number of aromatic amines is 1. The molecule has 0 radical (unpaired) electrons. The summed E-state index contributed by atoms with van der Waals surface area (Å²) in [4.78, 5) is 3.49. The smallest absolute Gasteiger partial charge is 0.0464 e. The molecule has 0 saturated carbocycles. The molecule has 0 aliphatic rings. The van der Waals surface area contributed by atoms with E-state index in [9.17, 15) is 0 Å². The van der Waals surface area contributed by atoms with Crippen LogP contribution in [0.5, 0.6) is 0 Å². The minimum absolute atomic E-state index is 1.19. The Bertz CT molecular complexity index is 663. The van der Waals surface area contributed by atoms with Crippen molar-refractivity contribution in [1.29, 1.82) is 0 Å². The third-order valence-electron chi connectivity index (χ3n) is 3.17. The number of rotatable bonds is 1. The summed E-state index contributed by atoms with van der Waals surface area (Å²) in [5.74, 6) is 0. The molecule has 3 aromatic rings. The predicted octanol–water partition coefficient (Wildman–Crippen LogP) is 4.45. The van der Waals surface area contributed by atoms with E-state index in [1.54, 1.807) is 0 Å². The fraction of sp³-hybridized carbons (Fsp3) is 0.125. The fourth-order valence-electron chi connectivity index (χ4n) is 2.37. The van der Waals surface area contributed by atoms with Crippen LogP contribution in [0.15, 0.2) is 48.5 Å². The zero-order valence-corrected chi connectivity index (χ0v) is 10.1. The number of fused-ring (bicyclic) bond motifs is 1. The van der Waals surface area contributed by atoms with Crippen molar-refractivity contribution in [2.24, 2.45) is 0 Å². The monoisotopic (exact) mass is 221 g/mol. The van der Waals surface area contributed by atoms with Gasteiger partial charge in [-0.2, -0.15) is 0 Å². The van der Waals surface area contributed by atoms with Gasteiger partial charge < -0.3 is 4.98 Å². The van der Waals surface area contributed by atoms with E-state index in [1.807, 2.05) is 6.07 Å². The van der Waals surface area contributed by atoms with Crippen LogP contribution in [0.2, 0.25) is 0 Å². The SMILES string of the molecule is Cc1cc(C)c2cc(-c3ccccc3)[nH]c2c1. The van der Waals surface area contributed by atoms with Gasteiger partial charge in [0.05, 0.1) is 0 Å². The zero-order valence-electron chi connectivity index (χ0n) is 10.1. The molecule has 1 heteroatoms. The maximum atomic E-state index is 3.49. The first kappa shape index (κ1) is 10.2. The third kappa shape index (κ3) is 1.74. The van der Waals surface area contributed by atoms with Gasteiger partial charge in [-0.1, -0.05) is 36.4 Å². The lowest BCUT2D eigenvalue weighted by Gasteiger charge is -1.97. The second-order valence-corrected chi connectivity index (χ2v) is 4.59. The Labute approximate surface area is 101 Å². The van der Waals surface area contributed by atoms with Gasteiger partial charge in [-0.05, 0) is 42.7 Å². The molecule has 0 amide bonds. The molecule has 0 aliphatic heterocycles. The minimum Gasteiger partial charge on any atom is -0.355 e. The highest BCUT2D eigenvalue weighted by molar-refractivity contribution is 5.89. The molecule has 84 valence electrons. The van der Waals surface area contributed by atoms with Crippen LogP contribution in [0.4, 0.5) is 0 Å². The summed E-state index contributed by atoms with van der Waals surface area (Å²) in [5, 5.41) is 1.31. The van der Waals surface area contributed by atoms with Crippen LogP contribution < -0.4 is 0 Å². The number of H-pyrrole nitrogens is 1. The summed E-state index contributed by atoms with van der Waals surface area (Å²) in [5.41, 5.74) is 6.28. The summed E-state index contributed by atoms with van der Waals surface area (Å²) in [7, 11) is 0. The molecule has 17 heavy (non-hydrogen) atoms. The molecular weight excluding hydrogens is 206 g/mol. The van der Waals surface area contributed by atoms with Gasteiger partial charge in [0.2, 0.25) is 0 Å². The van der Waals surface area contributed by atoms with Gasteiger partial charge in [-0.25, -0.2) is 0 Å². The zero-order chi connectivity index (χ0) is 11.8. The second-order valence-electron chi connectivity index (χ2n) is 4.59. The van der Waals surface area contributed by atoms with Crippen molar-refractivity contribution in [3.8, 4) is 11.3 Å². The molecule has 0 unspecified atom stereocenters. The van der Waals surface area contributed by atoms with Gasteiger partial charge in [-0.3, -0.25) is 0 Å². The van der Waals surface area contributed by atoms with Crippen molar-refractivity contribution >= 4 is 10.9 Å². The van der Waals surface area contributed by atoms with Crippen LogP contribution in [0.3, 0.4) is 0 Å². The van der Waals surface area contributed by atoms with Gasteiger partial charge in [0.25, 0.3) is 0 Å². The van der Waals surface area contributed by atoms with E-state index in [2.05, 4.69) is 61.3 Å². The van der Waals surface area contributed by atoms with E-state index < -0.39 is 0 Å². The Morgan fingerprint density at radius 2 is 1.65 bits per heavy atom. The number of aromatic nitrogens is 1. The first-order valence-electron chi connectivity index (χ1n) is 5.89. The van der Waals surface area contributed by atoms with Crippen molar-refractivity contribution in [3.05, 3.63) is 59.7 Å². The highest BCUT2D eigenvalue weighted by Gasteiger charge is 2.05. The van der Waals surface area contributed by atoms with E-state index in [4.69, 9.17) is 0 Å². The Hall–Kier alpha value is -2.02. The first-order valence-corrected chi connectivity index (χ1v) is 5.89. The van der Waals surface area contributed by atoms with Crippen molar-refractivity contribution in [2.45, 2.75) is 13.8 Å². The van der Waals surface area contributed by atoms with Crippen molar-refractivity contribution < 1.29 is 0 Å². The Morgan fingerprint density at radius 3 is 2.41 bits per heavy atom. The Balaban J connectivity index is 2.24. The molecule has 0 spiro atoms. The maximum absolute atomic E-state index is 3.49. The summed E-state index contributed by atoms with van der Waals surface area (Å²) in [6, 6.07) is 17.1. The molecule has 1 heterocycles. The average Bonchev–Trinajstić information content (AvgIpc) is 2.74. The number of hydrogen-bond donors (Lipinski definition) is 1. The van der Waals surface area contributed by atoms with E-state index >= 15 is 0 Å². The topological polar surface area (TPSA) is 15.8 Å². The lowest BCUT2D eigenvalue weighted by molar-refractivity contribution is 1.40. The van der Waals surface area contributed by atoms with Crippen molar-refractivity contribution in [3.63, 3.8) is 0 Å². The van der Waals surface area contributed by atoms with Crippen molar-refractivity contribution in [1.82, 2.24) is 4.98 Å². The molecular formula is C16H15N. The lowest BCUT2D eigenvalue weighted by Crippen LogP contribution is -1.78. The fourth-order valence-corrected chi connectivity index (χ4v) is 2.37. The molecule has 1 N–H and O–H groups in total. The highest BCUT2D eigenvalue weighted by Crippen LogP contribution is 2.26. The molecule has 1 nitrogen and oxygen atoms in total. The number of nitrogens with one attached hydrogen (secondary N) is 1. The Kier molecular flexibility index (Phi) is 2.25. The van der Waals surface area contributed by atoms with E-state index in [-0.39, 0.29) is 0 Å². The quantitative estimate of drug-likeness (QED) is 0.624. The molecule has 0 aliphatic carbocycles. The molecule has 2 aromatic carbocycles. The van der Waals surface area contributed by atoms with Gasteiger partial charge in [-0.15, -0.1) is 0 Å². The molecule has 0 fully saturated rings. The summed E-state index contributed by atoms with van der Waals surface area (Å²) in [6.07, 6.45) is 0. The first-order chi connectivity index (χ1) is 8.24. The van der Waals surface area contributed by atoms with Crippen molar-refractivity contribution in [2.75, 3.05) is 0 Å². The third-order valence-corrected chi connectivity index (χ3v) is 3.17. The number of hydrogen-bond acceptors (Lipinski definition) is 0. The van der Waals surface area contributed by atoms with Crippen LogP contribution in [0.25, 0.3) is 22.2 Å². The average molecular weight is 221 g/mol. The minimum atomic E-state index is 1.19. The Morgan fingerprint density at radius 1 is 0.882 bits per heavy atom. The standard InChI is InChI=1S/C16H15N/c1-11-8-12(2)14-10-15(17-16(14)9-11)13-6-4-3-5-7-13/h3-10,17H,1-2H3. The summed E-state index contributed by atoms with van der Waals surface area (Å²) >= 11 is 0. The van der Waals surface area contributed by atoms with Crippen LogP contribution in [-0.4, -0.2) is 4.98 Å². The van der Waals surface area contributed by atoms with Crippen LogP contribution in [0, 0.1) is 13.8 Å². The van der Waals surface area contributed by atoms with Gasteiger partial charge in [0.15, 0.2) is 0 Å². The summed E-state index contributed by atoms with van der Waals surface area (Å²) < 4.78 is 0. The normalized spacial score (nSPS) is 10.9. The van der Waals surface area contributed by atoms with E-state index in [0.717, 1.165) is 0 Å². The van der Waals surface area contributed by atoms with E-state index in [0.29, 0.717) is 0 Å². The molecule has 1 aromatic heterocycles. The number of aryl methyl sites for hydroxylation is 2. The second kappa shape index (κ2) is 3.77. The molecule has 0 saturated heterocycles. The molecule has 0 atom stereocenters. The van der Waals surface area contributed by atoms with Crippen LogP contribution >= 0.6 is 0 Å². The van der Waals surface area contributed by atoms with E-state index in [1.165, 1.54) is 33.3 Å².